The highest BCUT2D eigenvalue weighted by atomic mass is 32.2. The van der Waals surface area contributed by atoms with Crippen LogP contribution in [0.5, 0.6) is 0 Å². The second-order valence-corrected chi connectivity index (χ2v) is 5.91. The summed E-state index contributed by atoms with van der Waals surface area (Å²) >= 11 is 3.71. The van der Waals surface area contributed by atoms with Gasteiger partial charge in [-0.1, -0.05) is 6.07 Å². The molecule has 1 rings (SSSR count). The van der Waals surface area contributed by atoms with Crippen LogP contribution in [0.25, 0.3) is 0 Å². The van der Waals surface area contributed by atoms with Crippen LogP contribution < -0.4 is 0 Å². The molecule has 0 aliphatic carbocycles. The summed E-state index contributed by atoms with van der Waals surface area (Å²) in [6.45, 7) is 3.71. The lowest BCUT2D eigenvalue weighted by Gasteiger charge is -2.09. The van der Waals surface area contributed by atoms with Crippen molar-refractivity contribution in [1.82, 2.24) is 0 Å². The lowest BCUT2D eigenvalue weighted by Crippen LogP contribution is -1.94. The van der Waals surface area contributed by atoms with E-state index < -0.39 is 0 Å². The van der Waals surface area contributed by atoms with Crippen LogP contribution in [0.4, 0.5) is 0 Å². The molecule has 0 aromatic heterocycles. The van der Waals surface area contributed by atoms with Crippen molar-refractivity contribution in [1.29, 1.82) is 0 Å². The molecule has 0 fully saturated rings. The first-order chi connectivity index (χ1) is 8.27. The summed E-state index contributed by atoms with van der Waals surface area (Å²) in [5.74, 6) is 2.00. The predicted molar refractivity (Wildman–Crippen MR) is 76.4 cm³/mol. The summed E-state index contributed by atoms with van der Waals surface area (Å²) in [5, 5.41) is 0. The molecule has 0 aliphatic rings. The molecule has 2 nitrogen and oxygen atoms in total. The average Bonchev–Trinajstić information content (AvgIpc) is 2.32. The number of methoxy groups -OCH3 is 2. The Morgan fingerprint density at radius 3 is 2.12 bits per heavy atom. The zero-order chi connectivity index (χ0) is 12.5. The first kappa shape index (κ1) is 14.9. The smallest absolute Gasteiger partial charge is 0.0556 e. The monoisotopic (exact) mass is 272 g/mol. The zero-order valence-electron chi connectivity index (χ0n) is 10.7. The Balaban J connectivity index is 2.59. The minimum atomic E-state index is 0.792. The van der Waals surface area contributed by atoms with Gasteiger partial charge in [0.25, 0.3) is 0 Å². The maximum Gasteiger partial charge on any atom is 0.0556 e. The summed E-state index contributed by atoms with van der Waals surface area (Å²) in [5.41, 5.74) is 1.31. The highest BCUT2D eigenvalue weighted by Gasteiger charge is 2.04. The molecule has 0 aliphatic heterocycles. The van der Waals surface area contributed by atoms with E-state index in [0.29, 0.717) is 0 Å². The van der Waals surface area contributed by atoms with E-state index in [0.717, 1.165) is 24.7 Å². The minimum absolute atomic E-state index is 0.792. The van der Waals surface area contributed by atoms with Crippen LogP contribution in [-0.2, 0) is 9.47 Å². The SMILES string of the molecule is COCCSc1ccc(C)cc1SCCOC. The number of thioether (sulfide) groups is 2. The van der Waals surface area contributed by atoms with Crippen molar-refractivity contribution in [3.63, 3.8) is 0 Å². The molecule has 1 aromatic rings. The van der Waals surface area contributed by atoms with E-state index in [-0.39, 0.29) is 0 Å². The second-order valence-electron chi connectivity index (χ2n) is 3.63. The molecule has 4 heteroatoms. The lowest BCUT2D eigenvalue weighted by molar-refractivity contribution is 0.218. The van der Waals surface area contributed by atoms with Gasteiger partial charge in [0, 0.05) is 35.5 Å². The van der Waals surface area contributed by atoms with Crippen molar-refractivity contribution >= 4 is 23.5 Å². The first-order valence-corrected chi connectivity index (χ1v) is 7.59. The van der Waals surface area contributed by atoms with Gasteiger partial charge >= 0.3 is 0 Å². The summed E-state index contributed by atoms with van der Waals surface area (Å²) in [4.78, 5) is 2.69. The van der Waals surface area contributed by atoms with Crippen LogP contribution in [0.3, 0.4) is 0 Å². The first-order valence-electron chi connectivity index (χ1n) is 5.62. The summed E-state index contributed by atoms with van der Waals surface area (Å²) in [6, 6.07) is 6.61. The Labute approximate surface area is 112 Å². The van der Waals surface area contributed by atoms with Gasteiger partial charge in [-0.15, -0.1) is 23.5 Å². The molecule has 96 valence electrons. The number of benzene rings is 1. The van der Waals surface area contributed by atoms with Gasteiger partial charge < -0.3 is 9.47 Å². The van der Waals surface area contributed by atoms with Gasteiger partial charge in [0.05, 0.1) is 13.2 Å². The van der Waals surface area contributed by atoms with Gasteiger partial charge in [0.15, 0.2) is 0 Å². The minimum Gasteiger partial charge on any atom is -0.384 e. The Hall–Kier alpha value is -0.160. The molecule has 0 unspecified atom stereocenters. The standard InChI is InChI=1S/C13H20O2S2/c1-11-4-5-12(16-8-6-14-2)13(10-11)17-9-7-15-3/h4-5,10H,6-9H2,1-3H3. The lowest BCUT2D eigenvalue weighted by atomic mass is 10.2. The number of aryl methyl sites for hydroxylation is 1. The van der Waals surface area contributed by atoms with Crippen LogP contribution in [-0.4, -0.2) is 38.9 Å². The van der Waals surface area contributed by atoms with Gasteiger partial charge in [-0.25, -0.2) is 0 Å². The molecule has 1 aromatic carbocycles. The molecule has 0 saturated carbocycles. The molecule has 0 atom stereocenters. The third kappa shape index (κ3) is 5.82. The fourth-order valence-corrected chi connectivity index (χ4v) is 3.46. The van der Waals surface area contributed by atoms with Gasteiger partial charge in [-0.05, 0) is 24.6 Å². The highest BCUT2D eigenvalue weighted by molar-refractivity contribution is 8.02. The van der Waals surface area contributed by atoms with Crippen LogP contribution in [0.1, 0.15) is 5.56 Å². The van der Waals surface area contributed by atoms with E-state index in [1.165, 1.54) is 15.4 Å². The fourth-order valence-electron chi connectivity index (χ4n) is 1.32. The number of hydrogen-bond acceptors (Lipinski definition) is 4. The topological polar surface area (TPSA) is 18.5 Å². The number of hydrogen-bond donors (Lipinski definition) is 0. The molecule has 0 radical (unpaired) electrons. The summed E-state index contributed by atoms with van der Waals surface area (Å²) in [7, 11) is 3.48. The Morgan fingerprint density at radius 1 is 0.941 bits per heavy atom. The zero-order valence-corrected chi connectivity index (χ0v) is 12.3. The van der Waals surface area contributed by atoms with E-state index in [9.17, 15) is 0 Å². The molecule has 0 heterocycles. The maximum atomic E-state index is 5.08. The van der Waals surface area contributed by atoms with Crippen LogP contribution in [0.2, 0.25) is 0 Å². The number of ether oxygens (including phenoxy) is 2. The molecule has 0 saturated heterocycles. The highest BCUT2D eigenvalue weighted by Crippen LogP contribution is 2.31. The van der Waals surface area contributed by atoms with Crippen molar-refractivity contribution in [3.05, 3.63) is 23.8 Å². The Bertz CT molecular complexity index is 329. The van der Waals surface area contributed by atoms with Gasteiger partial charge in [-0.2, -0.15) is 0 Å². The van der Waals surface area contributed by atoms with Crippen molar-refractivity contribution < 1.29 is 9.47 Å². The third-order valence-corrected chi connectivity index (χ3v) is 4.38. The Morgan fingerprint density at radius 2 is 1.53 bits per heavy atom. The van der Waals surface area contributed by atoms with E-state index in [2.05, 4.69) is 25.1 Å². The molecule has 0 bridgehead atoms. The average molecular weight is 272 g/mol. The van der Waals surface area contributed by atoms with Crippen molar-refractivity contribution in [3.8, 4) is 0 Å². The van der Waals surface area contributed by atoms with E-state index in [1.807, 2.05) is 23.5 Å². The normalized spacial score (nSPS) is 10.8. The molecule has 0 spiro atoms. The summed E-state index contributed by atoms with van der Waals surface area (Å²) < 4.78 is 10.2. The molecule has 0 amide bonds. The second kappa shape index (κ2) is 8.86. The van der Waals surface area contributed by atoms with Crippen LogP contribution >= 0.6 is 23.5 Å². The maximum absolute atomic E-state index is 5.08. The van der Waals surface area contributed by atoms with Gasteiger partial charge in [-0.3, -0.25) is 0 Å². The molecular weight excluding hydrogens is 252 g/mol. The van der Waals surface area contributed by atoms with Gasteiger partial charge in [0.2, 0.25) is 0 Å². The molecular formula is C13H20O2S2. The van der Waals surface area contributed by atoms with E-state index in [4.69, 9.17) is 9.47 Å². The fraction of sp³-hybridized carbons (Fsp3) is 0.538. The Kier molecular flexibility index (Phi) is 7.77. The summed E-state index contributed by atoms with van der Waals surface area (Å²) in [6.07, 6.45) is 0. The van der Waals surface area contributed by atoms with Crippen molar-refractivity contribution in [2.24, 2.45) is 0 Å². The quantitative estimate of drug-likeness (QED) is 0.532. The largest absolute Gasteiger partial charge is 0.384 e. The third-order valence-electron chi connectivity index (χ3n) is 2.19. The van der Waals surface area contributed by atoms with Gasteiger partial charge in [0.1, 0.15) is 0 Å². The van der Waals surface area contributed by atoms with Crippen molar-refractivity contribution in [2.75, 3.05) is 38.9 Å². The predicted octanol–water partition coefficient (Wildman–Crippen LogP) is 3.47. The van der Waals surface area contributed by atoms with E-state index >= 15 is 0 Å². The van der Waals surface area contributed by atoms with Crippen LogP contribution in [0, 0.1) is 6.92 Å². The molecule has 0 N–H and O–H groups in total. The van der Waals surface area contributed by atoms with E-state index in [1.54, 1.807) is 14.2 Å². The van der Waals surface area contributed by atoms with Crippen molar-refractivity contribution in [2.45, 2.75) is 16.7 Å². The molecule has 17 heavy (non-hydrogen) atoms. The number of rotatable bonds is 8. The van der Waals surface area contributed by atoms with Crippen LogP contribution in [0.15, 0.2) is 28.0 Å².